The number of aryl methyl sites for hydroxylation is 1. The van der Waals surface area contributed by atoms with Gasteiger partial charge in [0.25, 0.3) is 10.0 Å². The maximum Gasteiger partial charge on any atom is 0.264 e. The molecule has 0 saturated heterocycles. The predicted molar refractivity (Wildman–Crippen MR) is 183 cm³/mol. The van der Waals surface area contributed by atoms with E-state index < -0.39 is 34.3 Å². The number of hydrogen-bond acceptors (Lipinski definition) is 4. The Morgan fingerprint density at radius 2 is 1.49 bits per heavy atom. The molecule has 0 aliphatic heterocycles. The van der Waals surface area contributed by atoms with E-state index in [0.29, 0.717) is 10.6 Å². The third kappa shape index (κ3) is 8.99. The predicted octanol–water partition coefficient (Wildman–Crippen LogP) is 7.07. The molecule has 1 atom stereocenters. The van der Waals surface area contributed by atoms with E-state index in [1.165, 1.54) is 29.2 Å². The van der Waals surface area contributed by atoms with Gasteiger partial charge in [0.05, 0.1) is 10.6 Å². The highest BCUT2D eigenvalue weighted by molar-refractivity contribution is 7.92. The molecule has 2 amide bonds. The van der Waals surface area contributed by atoms with Crippen molar-refractivity contribution < 1.29 is 22.4 Å². The van der Waals surface area contributed by atoms with Crippen molar-refractivity contribution in [2.24, 2.45) is 0 Å². The molecule has 0 bridgehead atoms. The van der Waals surface area contributed by atoms with Crippen LogP contribution in [-0.4, -0.2) is 43.8 Å². The number of amides is 2. The first-order valence-corrected chi connectivity index (χ1v) is 17.6. The van der Waals surface area contributed by atoms with E-state index in [9.17, 15) is 22.4 Å². The van der Waals surface area contributed by atoms with Crippen molar-refractivity contribution >= 4 is 39.1 Å². The van der Waals surface area contributed by atoms with Gasteiger partial charge in [0, 0.05) is 24.0 Å². The van der Waals surface area contributed by atoms with Gasteiger partial charge in [-0.25, -0.2) is 12.8 Å². The summed E-state index contributed by atoms with van der Waals surface area (Å²) >= 11 is 6.14. The lowest BCUT2D eigenvalue weighted by atomic mass is 9.94. The fourth-order valence-electron chi connectivity index (χ4n) is 5.86. The van der Waals surface area contributed by atoms with E-state index in [2.05, 4.69) is 5.32 Å². The van der Waals surface area contributed by atoms with Crippen LogP contribution in [0, 0.1) is 12.7 Å². The minimum atomic E-state index is -4.23. The molecule has 0 heterocycles. The van der Waals surface area contributed by atoms with Gasteiger partial charge in [-0.3, -0.25) is 13.9 Å². The second-order valence-electron chi connectivity index (χ2n) is 12.0. The SMILES string of the molecule is Cc1ccc(S(=O)(=O)N(CC(=O)N(Cc2ccc(F)cc2)[C@H](Cc2ccccc2)C(=O)NC2CCCCC2)c2ccc(Cl)cc2)cc1. The summed E-state index contributed by atoms with van der Waals surface area (Å²) in [5.41, 5.74) is 2.57. The van der Waals surface area contributed by atoms with Crippen LogP contribution in [0.2, 0.25) is 5.02 Å². The molecule has 47 heavy (non-hydrogen) atoms. The van der Waals surface area contributed by atoms with Crippen LogP contribution in [0.1, 0.15) is 48.8 Å². The molecule has 0 aromatic heterocycles. The number of rotatable bonds is 12. The highest BCUT2D eigenvalue weighted by Gasteiger charge is 2.35. The van der Waals surface area contributed by atoms with Crippen LogP contribution in [0.15, 0.2) is 108 Å². The summed E-state index contributed by atoms with van der Waals surface area (Å²) in [4.78, 5) is 30.1. The summed E-state index contributed by atoms with van der Waals surface area (Å²) in [5.74, 6) is -1.32. The number of halogens is 2. The number of nitrogens with zero attached hydrogens (tertiary/aromatic N) is 2. The maximum absolute atomic E-state index is 14.6. The zero-order valence-electron chi connectivity index (χ0n) is 26.3. The molecule has 1 fully saturated rings. The Balaban J connectivity index is 1.55. The fourth-order valence-corrected chi connectivity index (χ4v) is 7.40. The van der Waals surface area contributed by atoms with Crippen molar-refractivity contribution in [3.63, 3.8) is 0 Å². The van der Waals surface area contributed by atoms with Gasteiger partial charge in [0.15, 0.2) is 0 Å². The Morgan fingerprint density at radius 1 is 0.851 bits per heavy atom. The molecule has 7 nitrogen and oxygen atoms in total. The second kappa shape index (κ2) is 15.6. The van der Waals surface area contributed by atoms with Crippen molar-refractivity contribution in [2.75, 3.05) is 10.8 Å². The monoisotopic (exact) mass is 675 g/mol. The van der Waals surface area contributed by atoms with Crippen LogP contribution in [0.5, 0.6) is 0 Å². The number of hydrogen-bond donors (Lipinski definition) is 1. The van der Waals surface area contributed by atoms with E-state index in [1.54, 1.807) is 48.5 Å². The molecular weight excluding hydrogens is 637 g/mol. The fraction of sp³-hybridized carbons (Fsp3) is 0.297. The van der Waals surface area contributed by atoms with E-state index in [-0.39, 0.29) is 35.5 Å². The second-order valence-corrected chi connectivity index (χ2v) is 14.3. The molecule has 0 unspecified atom stereocenters. The molecule has 10 heteroatoms. The molecule has 0 radical (unpaired) electrons. The van der Waals surface area contributed by atoms with Crippen molar-refractivity contribution in [2.45, 2.75) is 69.0 Å². The summed E-state index contributed by atoms with van der Waals surface area (Å²) in [6, 6.07) is 26.8. The van der Waals surface area contributed by atoms with Crippen molar-refractivity contribution in [3.05, 3.63) is 131 Å². The van der Waals surface area contributed by atoms with Gasteiger partial charge in [0.2, 0.25) is 11.8 Å². The Kier molecular flexibility index (Phi) is 11.3. The third-order valence-corrected chi connectivity index (χ3v) is 10.5. The lowest BCUT2D eigenvalue weighted by Gasteiger charge is -2.35. The normalized spacial score (nSPS) is 14.3. The van der Waals surface area contributed by atoms with Crippen LogP contribution in [0.25, 0.3) is 0 Å². The van der Waals surface area contributed by atoms with Crippen LogP contribution in [-0.2, 0) is 32.6 Å². The number of nitrogens with one attached hydrogen (secondary N) is 1. The van der Waals surface area contributed by atoms with E-state index in [1.807, 2.05) is 37.3 Å². The Labute approximate surface area is 281 Å². The number of carbonyl (C=O) groups excluding carboxylic acids is 2. The van der Waals surface area contributed by atoms with E-state index in [0.717, 1.165) is 47.5 Å². The Hall–Kier alpha value is -4.21. The van der Waals surface area contributed by atoms with Crippen LogP contribution in [0.3, 0.4) is 0 Å². The molecule has 246 valence electrons. The lowest BCUT2D eigenvalue weighted by Crippen LogP contribution is -2.55. The molecule has 1 saturated carbocycles. The summed E-state index contributed by atoms with van der Waals surface area (Å²) in [5, 5.41) is 3.59. The topological polar surface area (TPSA) is 86.8 Å². The minimum absolute atomic E-state index is 0.00947. The van der Waals surface area contributed by atoms with Crippen molar-refractivity contribution in [1.82, 2.24) is 10.2 Å². The molecule has 0 spiro atoms. The van der Waals surface area contributed by atoms with Gasteiger partial charge >= 0.3 is 0 Å². The average molecular weight is 676 g/mol. The lowest BCUT2D eigenvalue weighted by molar-refractivity contribution is -0.140. The Morgan fingerprint density at radius 3 is 2.13 bits per heavy atom. The number of anilines is 1. The smallest absolute Gasteiger partial charge is 0.264 e. The quantitative estimate of drug-likeness (QED) is 0.174. The van der Waals surface area contributed by atoms with E-state index >= 15 is 0 Å². The molecular formula is C37H39ClFN3O4S. The highest BCUT2D eigenvalue weighted by Crippen LogP contribution is 2.27. The zero-order valence-corrected chi connectivity index (χ0v) is 27.9. The molecule has 5 rings (SSSR count). The largest absolute Gasteiger partial charge is 0.352 e. The van der Waals surface area contributed by atoms with Gasteiger partial charge in [-0.15, -0.1) is 0 Å². The number of sulfonamides is 1. The summed E-state index contributed by atoms with van der Waals surface area (Å²) < 4.78 is 43.2. The van der Waals surface area contributed by atoms with Crippen molar-refractivity contribution in [3.8, 4) is 0 Å². The van der Waals surface area contributed by atoms with Crippen LogP contribution in [0.4, 0.5) is 10.1 Å². The number of benzene rings is 4. The summed E-state index contributed by atoms with van der Waals surface area (Å²) in [6.07, 6.45) is 5.06. The van der Waals surface area contributed by atoms with Gasteiger partial charge in [0.1, 0.15) is 18.4 Å². The molecule has 1 aliphatic rings. The summed E-state index contributed by atoms with van der Waals surface area (Å²) in [6.45, 7) is 1.24. The first-order chi connectivity index (χ1) is 22.6. The van der Waals surface area contributed by atoms with Gasteiger partial charge in [-0.2, -0.15) is 0 Å². The van der Waals surface area contributed by atoms with Crippen molar-refractivity contribution in [1.29, 1.82) is 0 Å². The number of carbonyl (C=O) groups is 2. The van der Waals surface area contributed by atoms with E-state index in [4.69, 9.17) is 11.6 Å². The average Bonchev–Trinajstić information content (AvgIpc) is 3.07. The zero-order chi connectivity index (χ0) is 33.4. The molecule has 4 aromatic carbocycles. The van der Waals surface area contributed by atoms with Gasteiger partial charge in [-0.1, -0.05) is 91.0 Å². The maximum atomic E-state index is 14.6. The highest BCUT2D eigenvalue weighted by atomic mass is 35.5. The van der Waals surface area contributed by atoms with Gasteiger partial charge in [-0.05, 0) is 79.4 Å². The standard InChI is InChI=1S/C37H39ClFN3O4S/c1-27-12-22-34(23-13-27)47(45,46)42(33-20-16-30(38)17-21-33)26-36(43)41(25-29-14-18-31(39)19-15-29)35(24-28-8-4-2-5-9-28)37(44)40-32-10-6-3-7-11-32/h2,4-5,8-9,12-23,32,35H,3,6-7,10-11,24-26H2,1H3,(H,40,44)/t35-/m1/s1. The third-order valence-electron chi connectivity index (χ3n) is 8.49. The minimum Gasteiger partial charge on any atom is -0.352 e. The van der Waals surface area contributed by atoms with Crippen LogP contribution < -0.4 is 9.62 Å². The molecule has 1 aliphatic carbocycles. The first-order valence-electron chi connectivity index (χ1n) is 15.8. The molecule has 1 N–H and O–H groups in total. The first kappa shape index (κ1) is 34.1. The Bertz CT molecular complexity index is 1750. The van der Waals surface area contributed by atoms with Crippen LogP contribution >= 0.6 is 11.6 Å². The van der Waals surface area contributed by atoms with Gasteiger partial charge < -0.3 is 10.2 Å². The molecule has 4 aromatic rings. The summed E-state index contributed by atoms with van der Waals surface area (Å²) in [7, 11) is -4.23.